The second kappa shape index (κ2) is 12.2. The van der Waals surface area contributed by atoms with E-state index in [1.54, 1.807) is 6.92 Å². The molecular formula is C36H58N2O6. The topological polar surface area (TPSA) is 102 Å². The highest BCUT2D eigenvalue weighted by Crippen LogP contribution is 2.67. The Balaban J connectivity index is 1.19. The zero-order valence-electron chi connectivity index (χ0n) is 28.6. The summed E-state index contributed by atoms with van der Waals surface area (Å²) in [5.74, 6) is 2.36. The molecule has 1 heterocycles. The highest BCUT2D eigenvalue weighted by atomic mass is 16.6. The van der Waals surface area contributed by atoms with Gasteiger partial charge >= 0.3 is 12.1 Å². The summed E-state index contributed by atoms with van der Waals surface area (Å²) < 4.78 is 11.7. The van der Waals surface area contributed by atoms with Crippen molar-refractivity contribution in [3.63, 3.8) is 0 Å². The quantitative estimate of drug-likeness (QED) is 0.335. The minimum absolute atomic E-state index is 0.137. The highest BCUT2D eigenvalue weighted by molar-refractivity contribution is 5.90. The molecule has 44 heavy (non-hydrogen) atoms. The monoisotopic (exact) mass is 614 g/mol. The van der Waals surface area contributed by atoms with E-state index in [2.05, 4.69) is 19.2 Å². The molecule has 0 unspecified atom stereocenters. The predicted octanol–water partition coefficient (Wildman–Crippen LogP) is 6.69. The van der Waals surface area contributed by atoms with Crippen LogP contribution in [0.1, 0.15) is 126 Å². The van der Waals surface area contributed by atoms with Gasteiger partial charge in [0.2, 0.25) is 5.91 Å². The Morgan fingerprint density at radius 3 is 2.23 bits per heavy atom. The maximum atomic E-state index is 13.6. The van der Waals surface area contributed by atoms with Gasteiger partial charge in [0.15, 0.2) is 0 Å². The first-order chi connectivity index (χ1) is 20.5. The van der Waals surface area contributed by atoms with Gasteiger partial charge in [-0.25, -0.2) is 9.59 Å². The maximum absolute atomic E-state index is 13.6. The zero-order valence-corrected chi connectivity index (χ0v) is 28.6. The highest BCUT2D eigenvalue weighted by Gasteiger charge is 2.61. The number of carbonyl (C=O) groups excluding carboxylic acids is 4. The fourth-order valence-corrected chi connectivity index (χ4v) is 10.6. The van der Waals surface area contributed by atoms with Gasteiger partial charge in [0.25, 0.3) is 0 Å². The average molecular weight is 615 g/mol. The number of fused-ring (bicyclic) bond motifs is 5. The zero-order chi connectivity index (χ0) is 32.2. The van der Waals surface area contributed by atoms with Gasteiger partial charge in [0.05, 0.1) is 0 Å². The van der Waals surface area contributed by atoms with Crippen molar-refractivity contribution in [3.8, 4) is 0 Å². The van der Waals surface area contributed by atoms with E-state index in [0.29, 0.717) is 42.4 Å². The maximum Gasteiger partial charge on any atom is 0.410 e. The van der Waals surface area contributed by atoms with Gasteiger partial charge in [0.1, 0.15) is 29.6 Å². The van der Waals surface area contributed by atoms with Crippen LogP contribution in [0.15, 0.2) is 0 Å². The Labute approximate surface area is 265 Å². The van der Waals surface area contributed by atoms with E-state index in [4.69, 9.17) is 9.47 Å². The number of ketones is 1. The molecule has 1 aliphatic heterocycles. The lowest BCUT2D eigenvalue weighted by molar-refractivity contribution is -0.166. The molecule has 1 saturated heterocycles. The molecule has 1 N–H and O–H groups in total. The molecule has 248 valence electrons. The molecule has 2 amide bonds. The average Bonchev–Trinajstić information content (AvgIpc) is 3.55. The summed E-state index contributed by atoms with van der Waals surface area (Å²) in [7, 11) is 0. The second-order valence-electron chi connectivity index (χ2n) is 16.8. The van der Waals surface area contributed by atoms with Gasteiger partial charge in [-0.3, -0.25) is 14.5 Å². The number of ether oxygens (including phenoxy) is 2. The van der Waals surface area contributed by atoms with Crippen molar-refractivity contribution < 1.29 is 28.7 Å². The number of Topliss-reactive ketones (excluding diaryl/α,β-unsaturated/α-hetero) is 1. The first kappa shape index (κ1) is 33.2. The Morgan fingerprint density at radius 1 is 0.886 bits per heavy atom. The van der Waals surface area contributed by atoms with Crippen molar-refractivity contribution in [1.29, 1.82) is 0 Å². The molecule has 4 aliphatic carbocycles. The van der Waals surface area contributed by atoms with Gasteiger partial charge < -0.3 is 14.8 Å². The molecule has 10 atom stereocenters. The SMILES string of the molecule is CC(=O)[C@H]1CC[C@H]2[C@@H]3CC[C@H]4C[C@H](OC(=O)[C@@H](NC(=O)[C@@H]5CCCN5C(=O)OC(C)(C)C)C(C)C)CC[C@]4(C)[C@H]3CC[C@]12C. The van der Waals surface area contributed by atoms with E-state index in [0.717, 1.165) is 44.9 Å². The second-order valence-corrected chi connectivity index (χ2v) is 16.8. The molecule has 0 radical (unpaired) electrons. The number of hydrogen-bond acceptors (Lipinski definition) is 6. The summed E-state index contributed by atoms with van der Waals surface area (Å²) in [4.78, 5) is 53.7. The van der Waals surface area contributed by atoms with Crippen molar-refractivity contribution >= 4 is 23.8 Å². The molecule has 8 nitrogen and oxygen atoms in total. The normalized spacial score (nSPS) is 39.1. The Bertz CT molecular complexity index is 1130. The molecule has 8 heteroatoms. The summed E-state index contributed by atoms with van der Waals surface area (Å²) >= 11 is 0. The third-order valence-electron chi connectivity index (χ3n) is 12.8. The van der Waals surface area contributed by atoms with Crippen molar-refractivity contribution in [2.45, 2.75) is 150 Å². The third-order valence-corrected chi connectivity index (χ3v) is 12.8. The fourth-order valence-electron chi connectivity index (χ4n) is 10.6. The van der Waals surface area contributed by atoms with Crippen LogP contribution in [0.5, 0.6) is 0 Å². The van der Waals surface area contributed by atoms with Crippen LogP contribution in [-0.4, -0.2) is 59.0 Å². The molecule has 5 fully saturated rings. The molecular weight excluding hydrogens is 556 g/mol. The van der Waals surface area contributed by atoms with Gasteiger partial charge in [-0.1, -0.05) is 27.7 Å². The lowest BCUT2D eigenvalue weighted by atomic mass is 9.44. The molecule has 0 aromatic carbocycles. The van der Waals surface area contributed by atoms with E-state index in [9.17, 15) is 19.2 Å². The van der Waals surface area contributed by atoms with E-state index < -0.39 is 23.8 Å². The fraction of sp³-hybridized carbons (Fsp3) is 0.889. The van der Waals surface area contributed by atoms with E-state index >= 15 is 0 Å². The summed E-state index contributed by atoms with van der Waals surface area (Å²) in [6, 6.07) is -1.41. The van der Waals surface area contributed by atoms with Crippen LogP contribution in [0, 0.1) is 46.3 Å². The van der Waals surface area contributed by atoms with Crippen LogP contribution in [0.25, 0.3) is 0 Å². The van der Waals surface area contributed by atoms with Crippen LogP contribution in [-0.2, 0) is 23.9 Å². The van der Waals surface area contributed by atoms with E-state index in [-0.39, 0.29) is 40.6 Å². The molecule has 0 bridgehead atoms. The number of esters is 1. The molecule has 4 saturated carbocycles. The minimum atomic E-state index is -0.764. The standard InChI is InChI=1S/C36H58N2O6/c1-21(2)30(37-31(40)29-10-9-19-38(29)33(42)44-34(4,5)6)32(41)43-24-15-17-35(7)23(20-24)11-12-25-27-14-13-26(22(3)39)36(27,8)18-16-28(25)35/h21,23-30H,9-20H2,1-8H3,(H,37,40)/t23-,24+,25-,26+,27-,28-,29-,30-,35-,36+/m0/s1. The number of amides is 2. The number of nitrogens with zero attached hydrogens (tertiary/aromatic N) is 1. The number of hydrogen-bond donors (Lipinski definition) is 1. The summed E-state index contributed by atoms with van der Waals surface area (Å²) in [6.45, 7) is 16.4. The number of likely N-dealkylation sites (tertiary alicyclic amines) is 1. The molecule has 5 aliphatic rings. The largest absolute Gasteiger partial charge is 0.461 e. The van der Waals surface area contributed by atoms with Crippen LogP contribution in [0.2, 0.25) is 0 Å². The number of carbonyl (C=O) groups is 4. The van der Waals surface area contributed by atoms with Gasteiger partial charge in [-0.2, -0.15) is 0 Å². The van der Waals surface area contributed by atoms with Crippen molar-refractivity contribution in [2.75, 3.05) is 6.54 Å². The smallest absolute Gasteiger partial charge is 0.410 e. The van der Waals surface area contributed by atoms with Crippen molar-refractivity contribution in [3.05, 3.63) is 0 Å². The molecule has 0 aromatic heterocycles. The Hall–Kier alpha value is -2.12. The Kier molecular flexibility index (Phi) is 9.25. The first-order valence-corrected chi connectivity index (χ1v) is 17.6. The van der Waals surface area contributed by atoms with Crippen molar-refractivity contribution in [1.82, 2.24) is 10.2 Å². The van der Waals surface area contributed by atoms with Crippen LogP contribution < -0.4 is 5.32 Å². The number of rotatable bonds is 6. The van der Waals surface area contributed by atoms with Gasteiger partial charge in [-0.15, -0.1) is 0 Å². The first-order valence-electron chi connectivity index (χ1n) is 17.6. The molecule has 0 aromatic rings. The lowest BCUT2D eigenvalue weighted by Crippen LogP contribution is -2.55. The van der Waals surface area contributed by atoms with Gasteiger partial charge in [0, 0.05) is 12.5 Å². The summed E-state index contributed by atoms with van der Waals surface area (Å²) in [5, 5.41) is 2.95. The van der Waals surface area contributed by atoms with Crippen LogP contribution in [0.3, 0.4) is 0 Å². The molecule has 5 rings (SSSR count). The van der Waals surface area contributed by atoms with Crippen LogP contribution in [0.4, 0.5) is 4.79 Å². The van der Waals surface area contributed by atoms with Crippen LogP contribution >= 0.6 is 0 Å². The summed E-state index contributed by atoms with van der Waals surface area (Å²) in [6.07, 6.45) is 10.4. The third kappa shape index (κ3) is 6.17. The molecule has 0 spiro atoms. The number of nitrogens with one attached hydrogen (secondary N) is 1. The Morgan fingerprint density at radius 2 is 1.57 bits per heavy atom. The summed E-state index contributed by atoms with van der Waals surface area (Å²) in [5.41, 5.74) is -0.227. The van der Waals surface area contributed by atoms with Gasteiger partial charge in [-0.05, 0) is 139 Å². The van der Waals surface area contributed by atoms with E-state index in [1.807, 2.05) is 34.6 Å². The van der Waals surface area contributed by atoms with E-state index in [1.165, 1.54) is 24.2 Å². The lowest BCUT2D eigenvalue weighted by Gasteiger charge is -2.61. The van der Waals surface area contributed by atoms with Crippen molar-refractivity contribution in [2.24, 2.45) is 46.3 Å². The minimum Gasteiger partial charge on any atom is -0.461 e. The predicted molar refractivity (Wildman–Crippen MR) is 169 cm³/mol.